The summed E-state index contributed by atoms with van der Waals surface area (Å²) in [7, 11) is 0. The van der Waals surface area contributed by atoms with E-state index in [-0.39, 0.29) is 12.4 Å². The van der Waals surface area contributed by atoms with E-state index in [0.29, 0.717) is 18.7 Å². The summed E-state index contributed by atoms with van der Waals surface area (Å²) >= 11 is 0. The fraction of sp³-hybridized carbons (Fsp3) is 0.733. The van der Waals surface area contributed by atoms with Gasteiger partial charge >= 0.3 is 5.97 Å². The molecule has 0 amide bonds. The average molecular weight is 268 g/mol. The maximum atomic E-state index is 11.6. The van der Waals surface area contributed by atoms with E-state index in [1.54, 1.807) is 0 Å². The molecule has 1 aliphatic heterocycles. The van der Waals surface area contributed by atoms with Crippen molar-refractivity contribution >= 4 is 12.4 Å². The molecule has 0 spiro atoms. The minimum absolute atomic E-state index is 0.203. The first kappa shape index (κ1) is 15.7. The predicted octanol–water partition coefficient (Wildman–Crippen LogP) is 3.50. The maximum absolute atomic E-state index is 11.6. The number of unbranched alkanes of at least 4 members (excludes halogenated alkanes) is 4. The van der Waals surface area contributed by atoms with Crippen molar-refractivity contribution in [2.75, 3.05) is 0 Å². The molecule has 0 aliphatic carbocycles. The van der Waals surface area contributed by atoms with Crippen molar-refractivity contribution in [1.82, 2.24) is 0 Å². The summed E-state index contributed by atoms with van der Waals surface area (Å²) in [5, 5.41) is 0. The van der Waals surface area contributed by atoms with Crippen LogP contribution in [0.4, 0.5) is 0 Å². The van der Waals surface area contributed by atoms with E-state index in [4.69, 9.17) is 9.47 Å². The van der Waals surface area contributed by atoms with Gasteiger partial charge in [-0.2, -0.15) is 0 Å². The standard InChI is InChI=1S/C15H24O4/c1-4-5-6-7-8-9-15(3)14(18-11-16)12(2)10-13(17)19-15/h11H,4-10H2,1-3H3. The van der Waals surface area contributed by atoms with E-state index >= 15 is 0 Å². The molecular formula is C15H24O4. The van der Waals surface area contributed by atoms with Crippen LogP contribution in [-0.2, 0) is 19.1 Å². The molecule has 0 fully saturated rings. The highest BCUT2D eigenvalue weighted by Crippen LogP contribution is 2.35. The number of carbonyl (C=O) groups is 2. The van der Waals surface area contributed by atoms with Gasteiger partial charge in [0, 0.05) is 0 Å². The topological polar surface area (TPSA) is 52.6 Å². The van der Waals surface area contributed by atoms with E-state index in [1.165, 1.54) is 19.3 Å². The Morgan fingerprint density at radius 2 is 2.00 bits per heavy atom. The summed E-state index contributed by atoms with van der Waals surface area (Å²) < 4.78 is 10.5. The van der Waals surface area contributed by atoms with Crippen LogP contribution in [-0.4, -0.2) is 18.0 Å². The first-order valence-corrected chi connectivity index (χ1v) is 7.06. The molecule has 0 radical (unpaired) electrons. The predicted molar refractivity (Wildman–Crippen MR) is 72.3 cm³/mol. The second kappa shape index (κ2) is 7.31. The third kappa shape index (κ3) is 4.37. The Hall–Kier alpha value is -1.32. The molecule has 4 nitrogen and oxygen atoms in total. The summed E-state index contributed by atoms with van der Waals surface area (Å²) in [5.74, 6) is 0.268. The van der Waals surface area contributed by atoms with E-state index in [0.717, 1.165) is 18.4 Å². The van der Waals surface area contributed by atoms with Crippen LogP contribution in [0.25, 0.3) is 0 Å². The lowest BCUT2D eigenvalue weighted by atomic mass is 9.90. The Morgan fingerprint density at radius 3 is 2.63 bits per heavy atom. The van der Waals surface area contributed by atoms with Gasteiger partial charge in [-0.3, -0.25) is 9.59 Å². The Balaban J connectivity index is 2.66. The second-order valence-corrected chi connectivity index (χ2v) is 5.37. The van der Waals surface area contributed by atoms with Gasteiger partial charge in [0.25, 0.3) is 6.47 Å². The molecule has 0 bridgehead atoms. The van der Waals surface area contributed by atoms with Gasteiger partial charge in [0.15, 0.2) is 11.4 Å². The fourth-order valence-electron chi connectivity index (χ4n) is 2.59. The number of ether oxygens (including phenoxy) is 2. The molecule has 1 rings (SSSR count). The molecule has 0 aromatic heterocycles. The largest absolute Gasteiger partial charge is 0.451 e. The summed E-state index contributed by atoms with van der Waals surface area (Å²) in [4.78, 5) is 22.2. The average Bonchev–Trinajstić information content (AvgIpc) is 2.33. The number of carbonyl (C=O) groups excluding carboxylic acids is 2. The molecule has 0 aromatic rings. The Morgan fingerprint density at radius 1 is 1.32 bits per heavy atom. The smallest absolute Gasteiger partial charge is 0.311 e. The van der Waals surface area contributed by atoms with Gasteiger partial charge in [-0.25, -0.2) is 0 Å². The molecule has 4 heteroatoms. The van der Waals surface area contributed by atoms with Gasteiger partial charge < -0.3 is 9.47 Å². The minimum Gasteiger partial charge on any atom is -0.451 e. The van der Waals surface area contributed by atoms with Crippen LogP contribution in [0.15, 0.2) is 11.3 Å². The summed E-state index contributed by atoms with van der Waals surface area (Å²) in [6.07, 6.45) is 6.58. The van der Waals surface area contributed by atoms with E-state index in [2.05, 4.69) is 6.92 Å². The Bertz CT molecular complexity index is 359. The molecule has 0 saturated heterocycles. The third-order valence-corrected chi connectivity index (χ3v) is 3.54. The Labute approximate surface area is 115 Å². The van der Waals surface area contributed by atoms with E-state index in [1.807, 2.05) is 13.8 Å². The molecule has 0 saturated carbocycles. The van der Waals surface area contributed by atoms with Crippen molar-refractivity contribution in [1.29, 1.82) is 0 Å². The van der Waals surface area contributed by atoms with Crippen LogP contribution < -0.4 is 0 Å². The van der Waals surface area contributed by atoms with Crippen LogP contribution >= 0.6 is 0 Å². The molecule has 1 unspecified atom stereocenters. The zero-order chi connectivity index (χ0) is 14.3. The van der Waals surface area contributed by atoms with Crippen LogP contribution in [0.3, 0.4) is 0 Å². The van der Waals surface area contributed by atoms with E-state index < -0.39 is 5.60 Å². The molecule has 108 valence electrons. The van der Waals surface area contributed by atoms with Gasteiger partial charge in [0.2, 0.25) is 0 Å². The van der Waals surface area contributed by atoms with Crippen molar-refractivity contribution < 1.29 is 19.1 Å². The lowest BCUT2D eigenvalue weighted by molar-refractivity contribution is -0.163. The zero-order valence-electron chi connectivity index (χ0n) is 12.2. The van der Waals surface area contributed by atoms with Gasteiger partial charge in [0.1, 0.15) is 0 Å². The van der Waals surface area contributed by atoms with Crippen LogP contribution in [0.2, 0.25) is 0 Å². The van der Waals surface area contributed by atoms with Gasteiger partial charge in [-0.05, 0) is 32.3 Å². The summed E-state index contributed by atoms with van der Waals surface area (Å²) in [6.45, 7) is 6.22. The van der Waals surface area contributed by atoms with Crippen molar-refractivity contribution in [2.45, 2.75) is 71.3 Å². The van der Waals surface area contributed by atoms with Crippen molar-refractivity contribution in [2.24, 2.45) is 0 Å². The molecule has 1 aliphatic rings. The first-order chi connectivity index (χ1) is 9.03. The number of esters is 1. The lowest BCUT2D eigenvalue weighted by Gasteiger charge is -2.35. The van der Waals surface area contributed by atoms with E-state index in [9.17, 15) is 9.59 Å². The Kier molecular flexibility index (Phi) is 6.06. The number of hydrogen-bond donors (Lipinski definition) is 0. The normalized spacial score (nSPS) is 23.2. The monoisotopic (exact) mass is 268 g/mol. The molecule has 0 N–H and O–H groups in total. The molecule has 19 heavy (non-hydrogen) atoms. The van der Waals surface area contributed by atoms with Crippen LogP contribution in [0, 0.1) is 0 Å². The van der Waals surface area contributed by atoms with Gasteiger partial charge in [-0.1, -0.05) is 32.6 Å². The molecule has 1 atom stereocenters. The van der Waals surface area contributed by atoms with Gasteiger partial charge in [0.05, 0.1) is 6.42 Å². The SMILES string of the molecule is CCCCCCCC1(C)OC(=O)CC(C)=C1OC=O. The number of cyclic esters (lactones) is 1. The highest BCUT2D eigenvalue weighted by molar-refractivity contribution is 5.75. The number of rotatable bonds is 8. The first-order valence-electron chi connectivity index (χ1n) is 7.06. The summed E-state index contributed by atoms with van der Waals surface area (Å²) in [6, 6.07) is 0. The third-order valence-electron chi connectivity index (χ3n) is 3.54. The molecule has 1 heterocycles. The fourth-order valence-corrected chi connectivity index (χ4v) is 2.59. The lowest BCUT2D eigenvalue weighted by Crippen LogP contribution is -2.39. The minimum atomic E-state index is -0.785. The van der Waals surface area contributed by atoms with Crippen molar-refractivity contribution in [3.05, 3.63) is 11.3 Å². The maximum Gasteiger partial charge on any atom is 0.311 e. The molecular weight excluding hydrogens is 244 g/mol. The highest BCUT2D eigenvalue weighted by atomic mass is 16.6. The van der Waals surface area contributed by atoms with Crippen molar-refractivity contribution in [3.8, 4) is 0 Å². The van der Waals surface area contributed by atoms with Crippen LogP contribution in [0.1, 0.15) is 65.7 Å². The van der Waals surface area contributed by atoms with Gasteiger partial charge in [-0.15, -0.1) is 0 Å². The quantitative estimate of drug-likeness (QED) is 0.384. The second-order valence-electron chi connectivity index (χ2n) is 5.37. The van der Waals surface area contributed by atoms with Crippen molar-refractivity contribution in [3.63, 3.8) is 0 Å². The molecule has 0 aromatic carbocycles. The highest BCUT2D eigenvalue weighted by Gasteiger charge is 2.40. The van der Waals surface area contributed by atoms with Crippen LogP contribution in [0.5, 0.6) is 0 Å². The zero-order valence-corrected chi connectivity index (χ0v) is 12.2. The number of hydrogen-bond acceptors (Lipinski definition) is 4. The summed E-state index contributed by atoms with van der Waals surface area (Å²) in [5.41, 5.74) is 0.00594.